The zero-order valence-corrected chi connectivity index (χ0v) is 16.4. The molecule has 144 valence electrons. The molecule has 3 rings (SSSR count). The van der Waals surface area contributed by atoms with Crippen LogP contribution in [0, 0.1) is 0 Å². The fraction of sp³-hybridized carbons (Fsp3) is 0.222. The standard InChI is InChI=1S/C18H17Cl2N3O3.ClH/c19-10-6-12(20)17-13(8-15(18(25)26)23-14(17)7-10)21-9-16(24)22-11-4-2-1-3-5-11;/h1-7,13,15,21,23H,8-9H2,(H,22,24)(H,25,26);1H/t13-,15+;/m1./s1. The van der Waals surface area contributed by atoms with Gasteiger partial charge in [-0.2, -0.15) is 0 Å². The van der Waals surface area contributed by atoms with Gasteiger partial charge in [-0.15, -0.1) is 12.4 Å². The summed E-state index contributed by atoms with van der Waals surface area (Å²) in [4.78, 5) is 23.6. The van der Waals surface area contributed by atoms with Gasteiger partial charge in [-0.1, -0.05) is 41.4 Å². The van der Waals surface area contributed by atoms with Crippen LogP contribution in [0.15, 0.2) is 42.5 Å². The van der Waals surface area contributed by atoms with Crippen LogP contribution in [0.4, 0.5) is 11.4 Å². The summed E-state index contributed by atoms with van der Waals surface area (Å²) >= 11 is 12.3. The molecule has 0 saturated carbocycles. The number of carboxylic acid groups (broad SMARTS) is 1. The molecule has 0 fully saturated rings. The number of amides is 1. The highest BCUT2D eigenvalue weighted by Crippen LogP contribution is 2.39. The Morgan fingerprint density at radius 1 is 1.19 bits per heavy atom. The molecule has 0 unspecified atom stereocenters. The first-order valence-electron chi connectivity index (χ1n) is 8.00. The van der Waals surface area contributed by atoms with Crippen LogP contribution in [0.3, 0.4) is 0 Å². The number of hydrogen-bond acceptors (Lipinski definition) is 4. The number of carbonyl (C=O) groups is 2. The van der Waals surface area contributed by atoms with E-state index in [0.717, 1.165) is 0 Å². The Morgan fingerprint density at radius 3 is 2.56 bits per heavy atom. The second-order valence-electron chi connectivity index (χ2n) is 5.97. The van der Waals surface area contributed by atoms with E-state index in [1.165, 1.54) is 0 Å². The molecule has 0 aliphatic carbocycles. The molecule has 0 radical (unpaired) electrons. The Morgan fingerprint density at radius 2 is 1.89 bits per heavy atom. The summed E-state index contributed by atoms with van der Waals surface area (Å²) in [5.74, 6) is -1.21. The van der Waals surface area contributed by atoms with Crippen molar-refractivity contribution in [2.24, 2.45) is 0 Å². The van der Waals surface area contributed by atoms with Crippen LogP contribution >= 0.6 is 35.6 Å². The highest BCUT2D eigenvalue weighted by atomic mass is 35.5. The van der Waals surface area contributed by atoms with Crippen LogP contribution in [-0.2, 0) is 9.59 Å². The van der Waals surface area contributed by atoms with Gasteiger partial charge < -0.3 is 21.1 Å². The van der Waals surface area contributed by atoms with E-state index in [9.17, 15) is 14.7 Å². The van der Waals surface area contributed by atoms with Crippen molar-refractivity contribution in [1.82, 2.24) is 5.32 Å². The summed E-state index contributed by atoms with van der Waals surface area (Å²) < 4.78 is 0. The first-order valence-corrected chi connectivity index (χ1v) is 8.76. The Bertz CT molecular complexity index is 833. The van der Waals surface area contributed by atoms with Crippen molar-refractivity contribution in [2.75, 3.05) is 17.2 Å². The van der Waals surface area contributed by atoms with Gasteiger partial charge in [0.2, 0.25) is 5.91 Å². The van der Waals surface area contributed by atoms with Crippen molar-refractivity contribution in [1.29, 1.82) is 0 Å². The van der Waals surface area contributed by atoms with E-state index in [1.54, 1.807) is 24.3 Å². The molecule has 0 saturated heterocycles. The number of para-hydroxylation sites is 1. The van der Waals surface area contributed by atoms with Crippen molar-refractivity contribution in [3.05, 3.63) is 58.1 Å². The summed E-state index contributed by atoms with van der Waals surface area (Å²) in [5.41, 5.74) is 1.96. The number of fused-ring (bicyclic) bond motifs is 1. The third-order valence-electron chi connectivity index (χ3n) is 4.11. The summed E-state index contributed by atoms with van der Waals surface area (Å²) in [6.07, 6.45) is 0.252. The number of halogens is 3. The maximum absolute atomic E-state index is 12.2. The number of carboxylic acids is 1. The fourth-order valence-corrected chi connectivity index (χ4v) is 3.57. The molecule has 2 aromatic rings. The van der Waals surface area contributed by atoms with E-state index in [0.29, 0.717) is 27.0 Å². The average Bonchev–Trinajstić information content (AvgIpc) is 2.59. The molecule has 9 heteroatoms. The molecule has 0 aromatic heterocycles. The lowest BCUT2D eigenvalue weighted by Gasteiger charge is -2.32. The molecule has 1 amide bonds. The third kappa shape index (κ3) is 5.26. The minimum Gasteiger partial charge on any atom is -0.480 e. The Hall–Kier alpha value is -1.99. The van der Waals surface area contributed by atoms with E-state index >= 15 is 0 Å². The van der Waals surface area contributed by atoms with Gasteiger partial charge in [0, 0.05) is 33.0 Å². The molecule has 0 spiro atoms. The van der Waals surface area contributed by atoms with Crippen LogP contribution < -0.4 is 16.0 Å². The van der Waals surface area contributed by atoms with E-state index in [1.807, 2.05) is 18.2 Å². The molecule has 27 heavy (non-hydrogen) atoms. The second-order valence-corrected chi connectivity index (χ2v) is 6.81. The maximum Gasteiger partial charge on any atom is 0.326 e. The number of aliphatic carboxylic acids is 1. The van der Waals surface area contributed by atoms with Gasteiger partial charge in [0.15, 0.2) is 0 Å². The van der Waals surface area contributed by atoms with Crippen molar-refractivity contribution in [3.8, 4) is 0 Å². The molecule has 1 aliphatic rings. The summed E-state index contributed by atoms with van der Waals surface area (Å²) in [6, 6.07) is 11.1. The quantitative estimate of drug-likeness (QED) is 0.576. The van der Waals surface area contributed by atoms with Crippen molar-refractivity contribution < 1.29 is 14.7 Å². The van der Waals surface area contributed by atoms with Gasteiger partial charge in [-0.25, -0.2) is 4.79 Å². The Labute approximate surface area is 172 Å². The minimum absolute atomic E-state index is 0. The van der Waals surface area contributed by atoms with Gasteiger partial charge in [-0.05, 0) is 30.7 Å². The first kappa shape index (κ1) is 21.3. The smallest absolute Gasteiger partial charge is 0.326 e. The van der Waals surface area contributed by atoms with Gasteiger partial charge in [0.25, 0.3) is 0 Å². The van der Waals surface area contributed by atoms with E-state index in [-0.39, 0.29) is 31.3 Å². The lowest BCUT2D eigenvalue weighted by atomic mass is 9.92. The molecule has 1 aliphatic heterocycles. The van der Waals surface area contributed by atoms with Crippen LogP contribution in [0.2, 0.25) is 10.0 Å². The number of benzene rings is 2. The molecule has 6 nitrogen and oxygen atoms in total. The molecule has 0 bridgehead atoms. The van der Waals surface area contributed by atoms with Crippen LogP contribution in [0.25, 0.3) is 0 Å². The number of carbonyl (C=O) groups excluding carboxylic acids is 1. The predicted octanol–water partition coefficient (Wildman–Crippen LogP) is 3.95. The van der Waals surface area contributed by atoms with Crippen molar-refractivity contribution >= 4 is 58.9 Å². The highest BCUT2D eigenvalue weighted by Gasteiger charge is 2.32. The fourth-order valence-electron chi connectivity index (χ4n) is 2.95. The normalized spacial score (nSPS) is 17.9. The average molecular weight is 431 g/mol. The van der Waals surface area contributed by atoms with Gasteiger partial charge in [0.1, 0.15) is 6.04 Å². The predicted molar refractivity (Wildman–Crippen MR) is 109 cm³/mol. The monoisotopic (exact) mass is 429 g/mol. The zero-order valence-electron chi connectivity index (χ0n) is 14.0. The lowest BCUT2D eigenvalue weighted by Crippen LogP contribution is -2.41. The summed E-state index contributed by atoms with van der Waals surface area (Å²) in [6.45, 7) is 0.0182. The Kier molecular flexibility index (Phi) is 7.33. The molecule has 4 N–H and O–H groups in total. The lowest BCUT2D eigenvalue weighted by molar-refractivity contribution is -0.138. The summed E-state index contributed by atoms with van der Waals surface area (Å²) in [7, 11) is 0. The molecule has 1 heterocycles. The number of rotatable bonds is 5. The highest BCUT2D eigenvalue weighted by molar-refractivity contribution is 6.35. The molecular formula is C18H18Cl3N3O3. The molecule has 2 atom stereocenters. The largest absolute Gasteiger partial charge is 0.480 e. The topological polar surface area (TPSA) is 90.5 Å². The van der Waals surface area contributed by atoms with Crippen LogP contribution in [-0.4, -0.2) is 29.6 Å². The minimum atomic E-state index is -0.979. The van der Waals surface area contributed by atoms with Gasteiger partial charge in [-0.3, -0.25) is 4.79 Å². The number of nitrogens with one attached hydrogen (secondary N) is 3. The molecule has 2 aromatic carbocycles. The molecular weight excluding hydrogens is 413 g/mol. The third-order valence-corrected chi connectivity index (χ3v) is 4.64. The van der Waals surface area contributed by atoms with E-state index in [2.05, 4.69) is 16.0 Å². The first-order chi connectivity index (χ1) is 12.4. The Balaban J connectivity index is 0.00000261. The SMILES string of the molecule is Cl.O=C(CN[C@@H]1C[C@@H](C(=O)O)Nc2cc(Cl)cc(Cl)c21)Nc1ccccc1. The summed E-state index contributed by atoms with van der Waals surface area (Å²) in [5, 5.41) is 19.0. The van der Waals surface area contributed by atoms with E-state index < -0.39 is 18.1 Å². The van der Waals surface area contributed by atoms with Gasteiger partial charge >= 0.3 is 5.97 Å². The maximum atomic E-state index is 12.2. The second kappa shape index (κ2) is 9.28. The van der Waals surface area contributed by atoms with Crippen LogP contribution in [0.1, 0.15) is 18.0 Å². The van der Waals surface area contributed by atoms with Crippen molar-refractivity contribution in [3.63, 3.8) is 0 Å². The van der Waals surface area contributed by atoms with Crippen molar-refractivity contribution in [2.45, 2.75) is 18.5 Å². The zero-order chi connectivity index (χ0) is 18.7. The number of hydrogen-bond donors (Lipinski definition) is 4. The van der Waals surface area contributed by atoms with Gasteiger partial charge in [0.05, 0.1) is 6.54 Å². The number of anilines is 2. The van der Waals surface area contributed by atoms with Crippen LogP contribution in [0.5, 0.6) is 0 Å². The van der Waals surface area contributed by atoms with E-state index in [4.69, 9.17) is 23.2 Å².